The normalized spacial score (nSPS) is 9.44. The van der Waals surface area contributed by atoms with E-state index in [1.165, 1.54) is 12.0 Å². The molecule has 0 aliphatic rings. The van der Waals surface area contributed by atoms with Crippen molar-refractivity contribution >= 4 is 17.6 Å². The van der Waals surface area contributed by atoms with Crippen molar-refractivity contribution in [1.82, 2.24) is 0 Å². The molecule has 0 aromatic heterocycles. The Morgan fingerprint density at radius 1 is 1.28 bits per heavy atom. The van der Waals surface area contributed by atoms with Gasteiger partial charge in [-0.2, -0.15) is 0 Å². The Bertz CT molecular complexity index is 479. The first-order valence-corrected chi connectivity index (χ1v) is 5.01. The molecule has 96 valence electrons. The SMILES string of the molecule is COc1cccc(N(C)C=C(C(=O)O)C(=O)O)c1. The van der Waals surface area contributed by atoms with E-state index in [0.29, 0.717) is 11.4 Å². The third-order valence-electron chi connectivity index (χ3n) is 2.24. The van der Waals surface area contributed by atoms with E-state index in [2.05, 4.69) is 0 Å². The number of carboxylic acids is 2. The molecule has 0 unspecified atom stereocenters. The maximum absolute atomic E-state index is 10.7. The second kappa shape index (κ2) is 5.72. The summed E-state index contributed by atoms with van der Waals surface area (Å²) in [5, 5.41) is 17.5. The molecule has 0 fully saturated rings. The van der Waals surface area contributed by atoms with Crippen LogP contribution in [-0.2, 0) is 9.59 Å². The molecule has 6 heteroatoms. The Kier molecular flexibility index (Phi) is 4.31. The van der Waals surface area contributed by atoms with Crippen molar-refractivity contribution in [3.8, 4) is 5.75 Å². The van der Waals surface area contributed by atoms with Gasteiger partial charge in [-0.25, -0.2) is 9.59 Å². The summed E-state index contributed by atoms with van der Waals surface area (Å²) in [7, 11) is 3.07. The van der Waals surface area contributed by atoms with Crippen LogP contribution in [0.1, 0.15) is 0 Å². The summed E-state index contributed by atoms with van der Waals surface area (Å²) < 4.78 is 5.02. The van der Waals surface area contributed by atoms with Crippen LogP contribution in [0.5, 0.6) is 5.75 Å². The number of carboxylic acid groups (broad SMARTS) is 2. The van der Waals surface area contributed by atoms with E-state index >= 15 is 0 Å². The van der Waals surface area contributed by atoms with Crippen LogP contribution in [0.2, 0.25) is 0 Å². The highest BCUT2D eigenvalue weighted by atomic mass is 16.5. The molecule has 2 N–H and O–H groups in total. The molecule has 1 aromatic carbocycles. The Balaban J connectivity index is 3.05. The van der Waals surface area contributed by atoms with Gasteiger partial charge in [-0.1, -0.05) is 6.07 Å². The van der Waals surface area contributed by atoms with Crippen LogP contribution in [0.15, 0.2) is 36.0 Å². The van der Waals surface area contributed by atoms with Crippen LogP contribution in [0.3, 0.4) is 0 Å². The molecule has 6 nitrogen and oxygen atoms in total. The molecule has 0 heterocycles. The van der Waals surface area contributed by atoms with Crippen LogP contribution in [-0.4, -0.2) is 36.3 Å². The van der Waals surface area contributed by atoms with Crippen molar-refractivity contribution in [3.63, 3.8) is 0 Å². The van der Waals surface area contributed by atoms with E-state index in [4.69, 9.17) is 14.9 Å². The summed E-state index contributed by atoms with van der Waals surface area (Å²) in [6.07, 6.45) is 1.04. The van der Waals surface area contributed by atoms with Crippen molar-refractivity contribution in [2.75, 3.05) is 19.1 Å². The number of ether oxygens (including phenoxy) is 1. The topological polar surface area (TPSA) is 87.1 Å². The summed E-state index contributed by atoms with van der Waals surface area (Å²) in [5.74, 6) is -2.38. The van der Waals surface area contributed by atoms with Gasteiger partial charge < -0.3 is 19.8 Å². The average Bonchev–Trinajstić information content (AvgIpc) is 2.34. The van der Waals surface area contributed by atoms with E-state index in [1.54, 1.807) is 31.3 Å². The first-order chi connectivity index (χ1) is 8.45. The first kappa shape index (κ1) is 13.6. The largest absolute Gasteiger partial charge is 0.497 e. The number of hydrogen-bond donors (Lipinski definition) is 2. The lowest BCUT2D eigenvalue weighted by Gasteiger charge is -2.15. The fourth-order valence-corrected chi connectivity index (χ4v) is 1.30. The third-order valence-corrected chi connectivity index (χ3v) is 2.24. The summed E-state index contributed by atoms with van der Waals surface area (Å²) in [5.41, 5.74) is -0.0883. The van der Waals surface area contributed by atoms with E-state index in [1.807, 2.05) is 0 Å². The third kappa shape index (κ3) is 3.24. The van der Waals surface area contributed by atoms with Crippen LogP contribution < -0.4 is 9.64 Å². The van der Waals surface area contributed by atoms with Crippen molar-refractivity contribution in [2.24, 2.45) is 0 Å². The fraction of sp³-hybridized carbons (Fsp3) is 0.167. The van der Waals surface area contributed by atoms with Gasteiger partial charge in [-0.3, -0.25) is 0 Å². The Morgan fingerprint density at radius 2 is 1.89 bits per heavy atom. The molecule has 0 amide bonds. The first-order valence-electron chi connectivity index (χ1n) is 5.01. The molecule has 0 saturated heterocycles. The number of benzene rings is 1. The van der Waals surface area contributed by atoms with E-state index in [-0.39, 0.29) is 0 Å². The maximum atomic E-state index is 10.7. The van der Waals surface area contributed by atoms with Gasteiger partial charge >= 0.3 is 11.9 Å². The molecule has 1 aromatic rings. The number of anilines is 1. The minimum atomic E-state index is -1.49. The number of rotatable bonds is 5. The van der Waals surface area contributed by atoms with Crippen LogP contribution in [0, 0.1) is 0 Å². The number of methoxy groups -OCH3 is 1. The molecule has 0 aliphatic carbocycles. The zero-order valence-corrected chi connectivity index (χ0v) is 9.95. The molecule has 0 aliphatic heterocycles. The minimum Gasteiger partial charge on any atom is -0.497 e. The van der Waals surface area contributed by atoms with Gasteiger partial charge in [-0.15, -0.1) is 0 Å². The van der Waals surface area contributed by atoms with Crippen LogP contribution in [0.4, 0.5) is 5.69 Å². The molecule has 0 bridgehead atoms. The summed E-state index contributed by atoms with van der Waals surface area (Å²) in [4.78, 5) is 22.9. The average molecular weight is 251 g/mol. The van der Waals surface area contributed by atoms with Gasteiger partial charge in [0.25, 0.3) is 0 Å². The standard InChI is InChI=1S/C12H13NO5/c1-13(7-10(11(14)15)12(16)17)8-4-3-5-9(6-8)18-2/h3-7H,1-2H3,(H,14,15)(H,16,17). The minimum absolute atomic E-state index is 0.597. The molecule has 1 rings (SSSR count). The van der Waals surface area contributed by atoms with Crippen molar-refractivity contribution in [3.05, 3.63) is 36.0 Å². The zero-order valence-electron chi connectivity index (χ0n) is 9.95. The summed E-state index contributed by atoms with van der Waals surface area (Å²) in [6.45, 7) is 0. The highest BCUT2D eigenvalue weighted by Crippen LogP contribution is 2.20. The van der Waals surface area contributed by atoms with Gasteiger partial charge in [-0.05, 0) is 12.1 Å². The van der Waals surface area contributed by atoms with Gasteiger partial charge in [0.15, 0.2) is 5.57 Å². The molecule has 0 spiro atoms. The molecular weight excluding hydrogens is 238 g/mol. The van der Waals surface area contributed by atoms with Gasteiger partial charge in [0.1, 0.15) is 5.75 Å². The van der Waals surface area contributed by atoms with E-state index in [9.17, 15) is 9.59 Å². The van der Waals surface area contributed by atoms with E-state index < -0.39 is 17.5 Å². The van der Waals surface area contributed by atoms with Gasteiger partial charge in [0.05, 0.1) is 7.11 Å². The van der Waals surface area contributed by atoms with E-state index in [0.717, 1.165) is 6.20 Å². The maximum Gasteiger partial charge on any atom is 0.344 e. The smallest absolute Gasteiger partial charge is 0.344 e. The second-order valence-corrected chi connectivity index (χ2v) is 3.47. The predicted octanol–water partition coefficient (Wildman–Crippen LogP) is 1.18. The molecule has 0 radical (unpaired) electrons. The molecule has 0 saturated carbocycles. The summed E-state index contributed by atoms with van der Waals surface area (Å²) >= 11 is 0. The van der Waals surface area contributed by atoms with Crippen LogP contribution >= 0.6 is 0 Å². The Labute approximate surface area is 104 Å². The lowest BCUT2D eigenvalue weighted by Crippen LogP contribution is -2.17. The quantitative estimate of drug-likeness (QED) is 0.464. The molecular formula is C12H13NO5. The van der Waals surface area contributed by atoms with Gasteiger partial charge in [0, 0.05) is 25.0 Å². The Morgan fingerprint density at radius 3 is 2.39 bits per heavy atom. The van der Waals surface area contributed by atoms with Crippen LogP contribution in [0.25, 0.3) is 0 Å². The fourth-order valence-electron chi connectivity index (χ4n) is 1.30. The number of carbonyl (C=O) groups is 2. The van der Waals surface area contributed by atoms with Crippen molar-refractivity contribution < 1.29 is 24.5 Å². The number of nitrogens with zero attached hydrogens (tertiary/aromatic N) is 1. The highest BCUT2D eigenvalue weighted by Gasteiger charge is 2.17. The van der Waals surface area contributed by atoms with Crippen molar-refractivity contribution in [1.29, 1.82) is 0 Å². The lowest BCUT2D eigenvalue weighted by molar-refractivity contribution is -0.140. The predicted molar refractivity (Wildman–Crippen MR) is 64.8 cm³/mol. The number of aliphatic carboxylic acids is 2. The zero-order chi connectivity index (χ0) is 13.7. The van der Waals surface area contributed by atoms with Crippen molar-refractivity contribution in [2.45, 2.75) is 0 Å². The molecule has 0 atom stereocenters. The second-order valence-electron chi connectivity index (χ2n) is 3.47. The lowest BCUT2D eigenvalue weighted by atomic mass is 10.2. The molecule has 18 heavy (non-hydrogen) atoms. The summed E-state index contributed by atoms with van der Waals surface area (Å²) in [6, 6.07) is 6.83. The number of hydrogen-bond acceptors (Lipinski definition) is 4. The monoisotopic (exact) mass is 251 g/mol. The highest BCUT2D eigenvalue weighted by molar-refractivity contribution is 6.12. The Hall–Kier alpha value is -2.50. The van der Waals surface area contributed by atoms with Gasteiger partial charge in [0.2, 0.25) is 0 Å².